The van der Waals surface area contributed by atoms with Crippen LogP contribution in [0.5, 0.6) is 34.5 Å². The van der Waals surface area contributed by atoms with Gasteiger partial charge in [0.2, 0.25) is 0 Å². The second-order valence-corrected chi connectivity index (χ2v) is 12.0. The molecule has 3 saturated heterocycles. The van der Waals surface area contributed by atoms with Crippen LogP contribution in [0.15, 0.2) is 85.0 Å². The average molecular weight is 699 g/mol. The van der Waals surface area contributed by atoms with E-state index in [4.69, 9.17) is 33.2 Å². The van der Waals surface area contributed by atoms with Crippen LogP contribution in [0.2, 0.25) is 0 Å². The Morgan fingerprint density at radius 2 is 0.804 bits per heavy atom. The van der Waals surface area contributed by atoms with Gasteiger partial charge >= 0.3 is 23.9 Å². The first-order chi connectivity index (χ1) is 24.4. The molecule has 3 heterocycles. The first-order valence-corrected chi connectivity index (χ1v) is 16.1. The van der Waals surface area contributed by atoms with E-state index in [2.05, 4.69) is 0 Å². The number of ether oxygens (including phenoxy) is 7. The van der Waals surface area contributed by atoms with Crippen molar-refractivity contribution < 1.29 is 62.5 Å². The number of phenolic OH excluding ortho intramolecular Hbond substituents is 2. The van der Waals surface area contributed by atoms with Crippen LogP contribution in [-0.4, -0.2) is 70.7 Å². The minimum Gasteiger partial charge on any atom is -0.508 e. The molecule has 2 N–H and O–H groups in total. The fourth-order valence-corrected chi connectivity index (χ4v) is 5.11. The summed E-state index contributed by atoms with van der Waals surface area (Å²) in [6.45, 7) is 6.59. The van der Waals surface area contributed by atoms with E-state index in [9.17, 15) is 29.4 Å². The minimum absolute atomic E-state index is 0.0971. The van der Waals surface area contributed by atoms with Crippen molar-refractivity contribution in [3.63, 3.8) is 0 Å². The molecule has 0 radical (unpaired) electrons. The van der Waals surface area contributed by atoms with Gasteiger partial charge in [-0.15, -0.1) is 0 Å². The Labute approximate surface area is 292 Å². The van der Waals surface area contributed by atoms with Gasteiger partial charge in [0.15, 0.2) is 23.0 Å². The Hall–Kier alpha value is -5.76. The maximum atomic E-state index is 13.5. The largest absolute Gasteiger partial charge is 0.508 e. The number of carbonyl (C=O) groups is 4. The summed E-state index contributed by atoms with van der Waals surface area (Å²) in [6.07, 6.45) is 6.67. The molecule has 0 aliphatic carbocycles. The zero-order valence-electron chi connectivity index (χ0n) is 27.9. The number of carbonyl (C=O) groups excluding carboxylic acids is 4. The molecule has 0 spiro atoms. The third kappa shape index (κ3) is 8.70. The van der Waals surface area contributed by atoms with Gasteiger partial charge in [0.1, 0.15) is 29.8 Å². The number of epoxide rings is 3. The van der Waals surface area contributed by atoms with Crippen LogP contribution in [0.4, 0.5) is 0 Å². The monoisotopic (exact) mass is 698 g/mol. The van der Waals surface area contributed by atoms with Crippen LogP contribution in [-0.2, 0) is 33.4 Å². The Kier molecular flexibility index (Phi) is 10.1. The number of benzene rings is 3. The second kappa shape index (κ2) is 14.6. The van der Waals surface area contributed by atoms with Gasteiger partial charge < -0.3 is 43.4 Å². The molecule has 6 rings (SSSR count). The van der Waals surface area contributed by atoms with Gasteiger partial charge in [-0.25, -0.2) is 14.4 Å². The molecular weight excluding hydrogens is 664 g/mol. The Morgan fingerprint density at radius 3 is 1.06 bits per heavy atom. The van der Waals surface area contributed by atoms with Crippen molar-refractivity contribution >= 4 is 23.9 Å². The zero-order valence-corrected chi connectivity index (χ0v) is 27.9. The molecule has 51 heavy (non-hydrogen) atoms. The molecule has 0 bridgehead atoms. The molecule has 3 aliphatic heterocycles. The lowest BCUT2D eigenvalue weighted by molar-refractivity contribution is -0.133. The van der Waals surface area contributed by atoms with Crippen LogP contribution in [0.3, 0.4) is 0 Å². The van der Waals surface area contributed by atoms with Gasteiger partial charge in [-0.3, -0.25) is 4.79 Å². The first kappa shape index (κ1) is 35.1. The van der Waals surface area contributed by atoms with Crippen molar-refractivity contribution in [3.8, 4) is 56.8 Å². The predicted octanol–water partition coefficient (Wildman–Crippen LogP) is 5.10. The van der Waals surface area contributed by atoms with Gasteiger partial charge in [0.05, 0.1) is 29.4 Å². The molecule has 3 fully saturated rings. The van der Waals surface area contributed by atoms with Gasteiger partial charge in [-0.2, -0.15) is 0 Å². The Bertz CT molecular complexity index is 1940. The third-order valence-corrected chi connectivity index (χ3v) is 8.03. The molecule has 3 aromatic carbocycles. The predicted molar refractivity (Wildman–Crippen MR) is 179 cm³/mol. The van der Waals surface area contributed by atoms with E-state index in [-0.39, 0.29) is 81.9 Å². The number of hydrogen-bond acceptors (Lipinski definition) is 13. The Balaban J connectivity index is 1.62. The highest BCUT2D eigenvalue weighted by molar-refractivity contribution is 6.01. The van der Waals surface area contributed by atoms with E-state index in [1.807, 2.05) is 20.8 Å². The highest BCUT2D eigenvalue weighted by Crippen LogP contribution is 2.57. The second-order valence-electron chi connectivity index (χ2n) is 12.0. The fourth-order valence-electron chi connectivity index (χ4n) is 5.11. The molecule has 0 amide bonds. The van der Waals surface area contributed by atoms with E-state index < -0.39 is 35.4 Å². The highest BCUT2D eigenvalue weighted by atomic mass is 16.6. The van der Waals surface area contributed by atoms with Gasteiger partial charge in [0, 0.05) is 25.2 Å². The molecule has 0 unspecified atom stereocenters. The molecule has 3 aromatic rings. The summed E-state index contributed by atoms with van der Waals surface area (Å²) >= 11 is 0. The maximum absolute atomic E-state index is 13.5. The summed E-state index contributed by atoms with van der Waals surface area (Å²) < 4.78 is 39.5. The summed E-state index contributed by atoms with van der Waals surface area (Å²) in [5.74, 6) is -5.38. The van der Waals surface area contributed by atoms with E-state index in [1.54, 1.807) is 0 Å². The molecule has 3 aliphatic rings. The van der Waals surface area contributed by atoms with E-state index >= 15 is 0 Å². The maximum Gasteiger partial charge on any atom is 0.336 e. The van der Waals surface area contributed by atoms with Crippen molar-refractivity contribution in [2.75, 3.05) is 0 Å². The van der Waals surface area contributed by atoms with Crippen LogP contribution < -0.4 is 18.9 Å². The SMILES string of the molecule is CC(=O)Oc1c(OC(=O)/C=C\[C@@H]2O[C@H]2C)c(-c2ccc(O)cc2)c(OC(=O)/C=C\[C@H]2O[C@@H]2C)c(OC(=O)/C=C\[C@H]2O[C@@H]2C)c1-c1ccc(O)cc1. The van der Waals surface area contributed by atoms with Gasteiger partial charge in [-0.05, 0) is 74.4 Å². The van der Waals surface area contributed by atoms with Crippen LogP contribution in [0.25, 0.3) is 22.3 Å². The molecule has 13 heteroatoms. The normalized spacial score (nSPS) is 23.3. The number of rotatable bonds is 12. The smallest absolute Gasteiger partial charge is 0.336 e. The summed E-state index contributed by atoms with van der Waals surface area (Å²) in [5, 5.41) is 20.2. The zero-order chi connectivity index (χ0) is 36.4. The number of aromatic hydroxyl groups is 2. The minimum atomic E-state index is -0.917. The molecule has 0 aromatic heterocycles. The van der Waals surface area contributed by atoms with Crippen LogP contribution >= 0.6 is 0 Å². The lowest BCUT2D eigenvalue weighted by Gasteiger charge is -2.24. The topological polar surface area (TPSA) is 183 Å². The van der Waals surface area contributed by atoms with Crippen molar-refractivity contribution in [1.29, 1.82) is 0 Å². The number of phenols is 2. The Morgan fingerprint density at radius 1 is 0.529 bits per heavy atom. The summed E-state index contributed by atoms with van der Waals surface area (Å²) in [5.41, 5.74) is 0.120. The molecule has 6 atom stereocenters. The van der Waals surface area contributed by atoms with Gasteiger partial charge in [0.25, 0.3) is 0 Å². The third-order valence-electron chi connectivity index (χ3n) is 8.03. The quantitative estimate of drug-likeness (QED) is 0.110. The molecule has 13 nitrogen and oxygen atoms in total. The number of hydrogen-bond donors (Lipinski definition) is 2. The number of esters is 4. The first-order valence-electron chi connectivity index (χ1n) is 16.1. The molecular formula is C38H34O13. The molecule has 0 saturated carbocycles. The van der Waals surface area contributed by atoms with Crippen molar-refractivity contribution in [3.05, 3.63) is 85.0 Å². The van der Waals surface area contributed by atoms with E-state index in [0.717, 1.165) is 25.2 Å². The van der Waals surface area contributed by atoms with Crippen LogP contribution in [0, 0.1) is 0 Å². The van der Waals surface area contributed by atoms with Crippen molar-refractivity contribution in [2.24, 2.45) is 0 Å². The van der Waals surface area contributed by atoms with Crippen LogP contribution in [0.1, 0.15) is 27.7 Å². The summed E-state index contributed by atoms with van der Waals surface area (Å²) in [4.78, 5) is 53.0. The van der Waals surface area contributed by atoms with Gasteiger partial charge in [-0.1, -0.05) is 24.3 Å². The van der Waals surface area contributed by atoms with Crippen molar-refractivity contribution in [1.82, 2.24) is 0 Å². The summed E-state index contributed by atoms with van der Waals surface area (Å²) in [7, 11) is 0. The average Bonchev–Trinajstić information content (AvgIpc) is 4.04. The lowest BCUT2D eigenvalue weighted by atomic mass is 9.94. The highest BCUT2D eigenvalue weighted by Gasteiger charge is 2.36. The fraction of sp³-hybridized carbons (Fsp3) is 0.263. The molecule has 264 valence electrons. The van der Waals surface area contributed by atoms with E-state index in [1.165, 1.54) is 66.8 Å². The van der Waals surface area contributed by atoms with E-state index in [0.29, 0.717) is 0 Å². The van der Waals surface area contributed by atoms with Crippen molar-refractivity contribution in [2.45, 2.75) is 64.3 Å². The standard InChI is InChI=1S/C38H34O13/c1-19-27(45-19)13-16-30(42)49-36-34(24-7-11-26(41)12-8-24)38(51-32(44)18-15-29-21(3)47-29)37(50-31(43)17-14-28-20(2)46-28)33(35(36)48-22(4)39)23-5-9-25(40)10-6-23/h5-21,27-29,40-41H,1-4H3/b16-13-,17-14-,18-15-/t19-,20+,21+,27-,28+,29+/m0/s1. The lowest BCUT2D eigenvalue weighted by Crippen LogP contribution is -2.16. The summed E-state index contributed by atoms with van der Waals surface area (Å²) in [6, 6.07) is 11.0.